The van der Waals surface area contributed by atoms with Crippen LogP contribution >= 0.6 is 11.3 Å². The third-order valence-corrected chi connectivity index (χ3v) is 9.84. The zero-order valence-corrected chi connectivity index (χ0v) is 20.9. The average Bonchev–Trinajstić information content (AvgIpc) is 3.48. The van der Waals surface area contributed by atoms with Crippen molar-refractivity contribution < 1.29 is 9.30 Å². The van der Waals surface area contributed by atoms with Gasteiger partial charge in [0.2, 0.25) is 5.54 Å². The Morgan fingerprint density at radius 3 is 2.70 bits per heavy atom. The van der Waals surface area contributed by atoms with Crippen LogP contribution in [0.5, 0.6) is 11.6 Å². The largest absolute Gasteiger partial charge is 0.405 e. The first-order valence-corrected chi connectivity index (χ1v) is 13.6. The van der Waals surface area contributed by atoms with Gasteiger partial charge in [-0.05, 0) is 46.0 Å². The van der Waals surface area contributed by atoms with Crippen molar-refractivity contribution in [2.75, 3.05) is 0 Å². The Labute approximate surface area is 219 Å². The van der Waals surface area contributed by atoms with Crippen LogP contribution in [0.1, 0.15) is 45.0 Å². The molecule has 1 spiro atoms. The molecular formula is C34H22NOS+. The Kier molecular flexibility index (Phi) is 3.64. The maximum Gasteiger partial charge on any atom is 0.374 e. The normalized spacial score (nSPS) is 23.0. The van der Waals surface area contributed by atoms with Crippen molar-refractivity contribution in [1.29, 1.82) is 0 Å². The van der Waals surface area contributed by atoms with E-state index < -0.39 is 5.54 Å². The van der Waals surface area contributed by atoms with Gasteiger partial charge in [0.05, 0.1) is 11.6 Å². The van der Waals surface area contributed by atoms with Crippen molar-refractivity contribution in [2.24, 2.45) is 0 Å². The van der Waals surface area contributed by atoms with Gasteiger partial charge in [0.25, 0.3) is 0 Å². The van der Waals surface area contributed by atoms with Crippen LogP contribution in [0.25, 0.3) is 26.8 Å². The van der Waals surface area contributed by atoms with Crippen LogP contribution in [0, 0.1) is 0 Å². The summed E-state index contributed by atoms with van der Waals surface area (Å²) in [6.45, 7) is 4.55. The van der Waals surface area contributed by atoms with Gasteiger partial charge in [-0.15, -0.1) is 11.3 Å². The second kappa shape index (κ2) is 6.76. The number of rotatable bonds is 1. The van der Waals surface area contributed by atoms with Crippen molar-refractivity contribution in [2.45, 2.75) is 17.9 Å². The quantitative estimate of drug-likeness (QED) is 0.211. The fraction of sp³-hybridized carbons (Fsp3) is 0.0882. The van der Waals surface area contributed by atoms with Gasteiger partial charge in [-0.1, -0.05) is 73.3 Å². The zero-order valence-electron chi connectivity index (χ0n) is 20.1. The van der Waals surface area contributed by atoms with Crippen LogP contribution in [-0.4, -0.2) is 0 Å². The molecule has 9 rings (SSSR count). The monoisotopic (exact) mass is 492 g/mol. The number of aromatic nitrogens is 1. The molecule has 5 aromatic rings. The van der Waals surface area contributed by atoms with Crippen molar-refractivity contribution >= 4 is 27.0 Å². The number of nitrogens with zero attached hydrogens (tertiary/aromatic N) is 1. The Morgan fingerprint density at radius 2 is 1.78 bits per heavy atom. The molecule has 3 aliphatic carbocycles. The molecule has 2 atom stereocenters. The fourth-order valence-electron chi connectivity index (χ4n) is 7.27. The van der Waals surface area contributed by atoms with E-state index in [0.717, 1.165) is 23.6 Å². The van der Waals surface area contributed by atoms with Crippen LogP contribution in [0.15, 0.2) is 110 Å². The van der Waals surface area contributed by atoms with Gasteiger partial charge in [0.15, 0.2) is 6.20 Å². The number of ether oxygens (including phenoxy) is 1. The number of hydrogen-bond acceptors (Lipinski definition) is 2. The van der Waals surface area contributed by atoms with E-state index in [4.69, 9.17) is 4.74 Å². The lowest BCUT2D eigenvalue weighted by molar-refractivity contribution is -0.750. The molecule has 174 valence electrons. The van der Waals surface area contributed by atoms with E-state index in [1.807, 2.05) is 11.3 Å². The van der Waals surface area contributed by atoms with Gasteiger partial charge < -0.3 is 4.74 Å². The third-order valence-electron chi connectivity index (χ3n) is 8.62. The number of benzene rings is 3. The summed E-state index contributed by atoms with van der Waals surface area (Å²) >= 11 is 1.95. The van der Waals surface area contributed by atoms with Crippen molar-refractivity contribution in [1.82, 2.24) is 0 Å². The topological polar surface area (TPSA) is 13.1 Å². The Bertz CT molecular complexity index is 1910. The van der Waals surface area contributed by atoms with Crippen molar-refractivity contribution in [3.63, 3.8) is 0 Å². The molecule has 1 aliphatic heterocycles. The molecule has 0 bridgehead atoms. The molecule has 3 aromatic carbocycles. The van der Waals surface area contributed by atoms with Crippen molar-refractivity contribution in [3.8, 4) is 22.8 Å². The lowest BCUT2D eigenvalue weighted by Gasteiger charge is -2.39. The van der Waals surface area contributed by atoms with E-state index in [-0.39, 0.29) is 5.92 Å². The van der Waals surface area contributed by atoms with Crippen LogP contribution in [0.2, 0.25) is 0 Å². The van der Waals surface area contributed by atoms with E-state index >= 15 is 0 Å². The van der Waals surface area contributed by atoms with Gasteiger partial charge >= 0.3 is 5.88 Å². The van der Waals surface area contributed by atoms with E-state index in [0.29, 0.717) is 0 Å². The predicted molar refractivity (Wildman–Crippen MR) is 149 cm³/mol. The molecule has 0 saturated carbocycles. The summed E-state index contributed by atoms with van der Waals surface area (Å²) in [5, 5.41) is 1.37. The highest BCUT2D eigenvalue weighted by molar-refractivity contribution is 7.20. The minimum Gasteiger partial charge on any atom is -0.405 e. The maximum absolute atomic E-state index is 6.62. The second-order valence-corrected chi connectivity index (χ2v) is 11.4. The minimum atomic E-state index is -0.424. The summed E-state index contributed by atoms with van der Waals surface area (Å²) in [6.07, 6.45) is 11.8. The second-order valence-electron chi connectivity index (χ2n) is 10.3. The molecule has 0 fully saturated rings. The Hall–Kier alpha value is -4.21. The SMILES string of the molecule is C=C1/C=C\C=C/CC23c4c1ccc1c4-c4c(sc5ccc(c2c45)Oc2cccc[n+]23)C1c1ccccc1. The first-order valence-electron chi connectivity index (χ1n) is 12.8. The molecule has 3 heterocycles. The summed E-state index contributed by atoms with van der Waals surface area (Å²) in [5.74, 6) is 2.08. The van der Waals surface area contributed by atoms with Gasteiger partial charge in [0, 0.05) is 44.5 Å². The molecule has 2 nitrogen and oxygen atoms in total. The molecule has 0 saturated heterocycles. The summed E-state index contributed by atoms with van der Waals surface area (Å²) < 4.78 is 10.3. The fourth-order valence-corrected chi connectivity index (χ4v) is 8.63. The van der Waals surface area contributed by atoms with Crippen molar-refractivity contribution in [3.05, 3.63) is 143 Å². The molecule has 3 heteroatoms. The molecule has 0 amide bonds. The zero-order chi connectivity index (χ0) is 24.3. The highest BCUT2D eigenvalue weighted by Gasteiger charge is 2.58. The van der Waals surface area contributed by atoms with Crippen LogP contribution in [0.4, 0.5) is 0 Å². The molecule has 37 heavy (non-hydrogen) atoms. The molecule has 0 N–H and O–H groups in total. The summed E-state index contributed by atoms with van der Waals surface area (Å²) in [5.41, 5.74) is 10.1. The minimum absolute atomic E-state index is 0.231. The molecule has 2 aromatic heterocycles. The lowest BCUT2D eigenvalue weighted by atomic mass is 9.67. The standard InChI is InChI=1S/C34H22NOS/c1-20-10-4-3-8-18-34-31-22(20)14-15-23-27(21-11-5-2-6-12-21)33-30(28(23)31)29-25(37-33)17-16-24(32(29)34)36-26-13-7-9-19-35(26)34/h2-17,19,27H,1,18H2/q+1/b8-3-,10-4-. The number of pyridine rings is 1. The highest BCUT2D eigenvalue weighted by atomic mass is 32.1. The maximum atomic E-state index is 6.62. The van der Waals surface area contributed by atoms with E-state index in [1.165, 1.54) is 53.9 Å². The first-order chi connectivity index (χ1) is 18.3. The summed E-state index contributed by atoms with van der Waals surface area (Å²) in [4.78, 5) is 1.45. The van der Waals surface area contributed by atoms with E-state index in [2.05, 4.69) is 114 Å². The van der Waals surface area contributed by atoms with Gasteiger partial charge in [-0.3, -0.25) is 0 Å². The average molecular weight is 493 g/mol. The van der Waals surface area contributed by atoms with Gasteiger partial charge in [0.1, 0.15) is 5.75 Å². The van der Waals surface area contributed by atoms with Gasteiger partial charge in [-0.25, -0.2) is 0 Å². The predicted octanol–water partition coefficient (Wildman–Crippen LogP) is 8.09. The Morgan fingerprint density at radius 1 is 0.892 bits per heavy atom. The summed E-state index contributed by atoms with van der Waals surface area (Å²) in [7, 11) is 0. The lowest BCUT2D eigenvalue weighted by Crippen LogP contribution is -2.61. The number of thiophene rings is 1. The number of hydrogen-bond donors (Lipinski definition) is 0. The van der Waals surface area contributed by atoms with Crippen LogP contribution in [0.3, 0.4) is 0 Å². The smallest absolute Gasteiger partial charge is 0.374 e. The Balaban J connectivity index is 1.55. The molecular weight excluding hydrogens is 470 g/mol. The number of fused-ring (bicyclic) bond motifs is 1. The van der Waals surface area contributed by atoms with Crippen LogP contribution in [-0.2, 0) is 5.54 Å². The first kappa shape index (κ1) is 19.9. The molecule has 0 radical (unpaired) electrons. The molecule has 2 unspecified atom stereocenters. The van der Waals surface area contributed by atoms with Crippen LogP contribution < -0.4 is 9.30 Å². The molecule has 4 aliphatic rings. The van der Waals surface area contributed by atoms with E-state index in [1.54, 1.807) is 0 Å². The highest BCUT2D eigenvalue weighted by Crippen LogP contribution is 2.65. The summed E-state index contributed by atoms with van der Waals surface area (Å²) in [6, 6.07) is 26.4. The number of allylic oxidation sites excluding steroid dienone is 5. The third kappa shape index (κ3) is 2.26. The van der Waals surface area contributed by atoms with Gasteiger partial charge in [-0.2, -0.15) is 4.57 Å². The van der Waals surface area contributed by atoms with E-state index in [9.17, 15) is 0 Å².